The minimum absolute atomic E-state index is 0.162. The van der Waals surface area contributed by atoms with Gasteiger partial charge in [-0.2, -0.15) is 13.2 Å². The lowest BCUT2D eigenvalue weighted by molar-refractivity contribution is -0.258. The van der Waals surface area contributed by atoms with Crippen LogP contribution in [0.5, 0.6) is 0 Å². The van der Waals surface area contributed by atoms with E-state index in [-0.39, 0.29) is 5.56 Å². The van der Waals surface area contributed by atoms with Crippen molar-refractivity contribution in [3.8, 4) is 0 Å². The summed E-state index contributed by atoms with van der Waals surface area (Å²) in [6.07, 6.45) is -4.70. The summed E-state index contributed by atoms with van der Waals surface area (Å²) in [5.74, 6) is 0. The largest absolute Gasteiger partial charge is 0.421 e. The molecule has 2 rings (SSSR count). The van der Waals surface area contributed by atoms with Gasteiger partial charge in [-0.15, -0.1) is 0 Å². The maximum atomic E-state index is 12.7. The van der Waals surface area contributed by atoms with Gasteiger partial charge in [0.1, 0.15) is 0 Å². The van der Waals surface area contributed by atoms with Crippen molar-refractivity contribution in [2.24, 2.45) is 0 Å². The predicted octanol–water partition coefficient (Wildman–Crippen LogP) is 4.37. The summed E-state index contributed by atoms with van der Waals surface area (Å²) < 4.78 is 39.0. The Morgan fingerprint density at radius 3 is 2.17 bits per heavy atom. The first-order valence-electron chi connectivity index (χ1n) is 5.21. The smallest absolute Gasteiger partial charge is 0.376 e. The number of aliphatic hydroxyl groups is 1. The highest BCUT2D eigenvalue weighted by atomic mass is 79.9. The molecular weight excluding hydrogens is 309 g/mol. The molecule has 0 bridgehead atoms. The first kappa shape index (κ1) is 13.4. The molecule has 0 aromatic heterocycles. The second-order valence-corrected chi connectivity index (χ2v) is 5.19. The highest BCUT2D eigenvalue weighted by Crippen LogP contribution is 2.39. The van der Waals surface area contributed by atoms with Gasteiger partial charge in [-0.05, 0) is 41.5 Å². The third kappa shape index (κ3) is 2.24. The molecule has 0 aliphatic heterocycles. The van der Waals surface area contributed by atoms with Gasteiger partial charge in [0.2, 0.25) is 0 Å². The van der Waals surface area contributed by atoms with Crippen molar-refractivity contribution >= 4 is 26.7 Å². The third-order valence-corrected chi connectivity index (χ3v) is 3.41. The molecule has 96 valence electrons. The van der Waals surface area contributed by atoms with Gasteiger partial charge in [0.25, 0.3) is 0 Å². The van der Waals surface area contributed by atoms with Gasteiger partial charge in [0.05, 0.1) is 0 Å². The van der Waals surface area contributed by atoms with E-state index < -0.39 is 11.8 Å². The summed E-state index contributed by atoms with van der Waals surface area (Å²) in [5.41, 5.74) is -3.00. The second-order valence-electron chi connectivity index (χ2n) is 4.28. The van der Waals surface area contributed by atoms with Gasteiger partial charge in [-0.25, -0.2) is 0 Å². The molecule has 0 fully saturated rings. The summed E-state index contributed by atoms with van der Waals surface area (Å²) in [5, 5.41) is 11.1. The number of benzene rings is 2. The molecule has 2 aromatic carbocycles. The van der Waals surface area contributed by atoms with Gasteiger partial charge in [0.15, 0.2) is 5.60 Å². The van der Waals surface area contributed by atoms with Crippen LogP contribution in [0, 0.1) is 0 Å². The Kier molecular flexibility index (Phi) is 3.15. The molecule has 1 atom stereocenters. The molecule has 1 unspecified atom stereocenters. The molecule has 0 aliphatic rings. The topological polar surface area (TPSA) is 20.2 Å². The second kappa shape index (κ2) is 4.24. The van der Waals surface area contributed by atoms with Crippen molar-refractivity contribution in [3.63, 3.8) is 0 Å². The van der Waals surface area contributed by atoms with Crippen molar-refractivity contribution < 1.29 is 18.3 Å². The van der Waals surface area contributed by atoms with Gasteiger partial charge < -0.3 is 5.11 Å². The molecule has 0 saturated carbocycles. The first-order valence-corrected chi connectivity index (χ1v) is 6.00. The van der Waals surface area contributed by atoms with Crippen LogP contribution in [0.4, 0.5) is 13.2 Å². The zero-order valence-corrected chi connectivity index (χ0v) is 11.0. The molecule has 5 heteroatoms. The van der Waals surface area contributed by atoms with E-state index in [9.17, 15) is 18.3 Å². The molecule has 0 aliphatic carbocycles. The maximum absolute atomic E-state index is 12.7. The van der Waals surface area contributed by atoms with Crippen molar-refractivity contribution in [1.82, 2.24) is 0 Å². The van der Waals surface area contributed by atoms with E-state index in [4.69, 9.17) is 0 Å². The predicted molar refractivity (Wildman–Crippen MR) is 67.3 cm³/mol. The number of fused-ring (bicyclic) bond motifs is 1. The van der Waals surface area contributed by atoms with Crippen LogP contribution < -0.4 is 0 Å². The summed E-state index contributed by atoms with van der Waals surface area (Å²) in [6.45, 7) is 0.757. The van der Waals surface area contributed by atoms with Crippen molar-refractivity contribution in [1.29, 1.82) is 0 Å². The van der Waals surface area contributed by atoms with E-state index >= 15 is 0 Å². The van der Waals surface area contributed by atoms with E-state index in [1.54, 1.807) is 24.3 Å². The molecule has 0 radical (unpaired) electrons. The highest BCUT2D eigenvalue weighted by Gasteiger charge is 2.51. The van der Waals surface area contributed by atoms with E-state index in [0.717, 1.165) is 16.8 Å². The Hall–Kier alpha value is -1.07. The minimum atomic E-state index is -4.70. The minimum Gasteiger partial charge on any atom is -0.376 e. The fourth-order valence-electron chi connectivity index (χ4n) is 1.68. The number of hydrogen-bond donors (Lipinski definition) is 1. The Morgan fingerprint density at radius 2 is 1.56 bits per heavy atom. The Bertz CT molecular complexity index is 590. The Balaban J connectivity index is 2.58. The van der Waals surface area contributed by atoms with Crippen LogP contribution in [0.1, 0.15) is 12.5 Å². The molecule has 1 N–H and O–H groups in total. The molecule has 0 amide bonds. The molecule has 18 heavy (non-hydrogen) atoms. The fourth-order valence-corrected chi connectivity index (χ4v) is 2.06. The lowest BCUT2D eigenvalue weighted by Gasteiger charge is -2.26. The van der Waals surface area contributed by atoms with E-state index in [1.807, 2.05) is 0 Å². The number of hydrogen-bond acceptors (Lipinski definition) is 1. The van der Waals surface area contributed by atoms with Crippen LogP contribution in [0.15, 0.2) is 40.9 Å². The first-order chi connectivity index (χ1) is 8.22. The van der Waals surface area contributed by atoms with Crippen LogP contribution in [0.3, 0.4) is 0 Å². The molecule has 0 spiro atoms. The van der Waals surface area contributed by atoms with Crippen LogP contribution in [-0.4, -0.2) is 11.3 Å². The summed E-state index contributed by atoms with van der Waals surface area (Å²) in [4.78, 5) is 0. The average Bonchev–Trinajstić information content (AvgIpc) is 2.26. The fraction of sp³-hybridized carbons (Fsp3) is 0.231. The maximum Gasteiger partial charge on any atom is 0.421 e. The standard InChI is InChI=1S/C13H10BrF3O/c1-12(18,13(15,16)17)10-4-2-9-7-11(14)5-3-8(9)6-10/h2-7,18H,1H3. The van der Waals surface area contributed by atoms with Gasteiger partial charge in [-0.1, -0.05) is 34.1 Å². The van der Waals surface area contributed by atoms with Crippen LogP contribution in [0.2, 0.25) is 0 Å². The molecule has 2 aromatic rings. The molecule has 1 nitrogen and oxygen atoms in total. The third-order valence-electron chi connectivity index (χ3n) is 2.92. The summed E-state index contributed by atoms with van der Waals surface area (Å²) in [7, 11) is 0. The lowest BCUT2D eigenvalue weighted by Crippen LogP contribution is -2.39. The van der Waals surface area contributed by atoms with Gasteiger partial charge in [-0.3, -0.25) is 0 Å². The van der Waals surface area contributed by atoms with Crippen molar-refractivity contribution in [2.75, 3.05) is 0 Å². The number of halogens is 4. The SMILES string of the molecule is CC(O)(c1ccc2cc(Br)ccc2c1)C(F)(F)F. The molecule has 0 heterocycles. The normalized spacial score (nSPS) is 15.7. The number of rotatable bonds is 1. The van der Waals surface area contributed by atoms with Gasteiger partial charge in [0, 0.05) is 4.47 Å². The highest BCUT2D eigenvalue weighted by molar-refractivity contribution is 9.10. The Labute approximate surface area is 110 Å². The van der Waals surface area contributed by atoms with Gasteiger partial charge >= 0.3 is 6.18 Å². The van der Waals surface area contributed by atoms with Crippen LogP contribution >= 0.6 is 15.9 Å². The molecule has 0 saturated heterocycles. The monoisotopic (exact) mass is 318 g/mol. The van der Waals surface area contributed by atoms with E-state index in [1.165, 1.54) is 12.1 Å². The van der Waals surface area contributed by atoms with E-state index in [2.05, 4.69) is 15.9 Å². The lowest BCUT2D eigenvalue weighted by atomic mass is 9.93. The van der Waals surface area contributed by atoms with Crippen molar-refractivity contribution in [2.45, 2.75) is 18.7 Å². The average molecular weight is 319 g/mol. The van der Waals surface area contributed by atoms with Crippen LogP contribution in [-0.2, 0) is 5.60 Å². The van der Waals surface area contributed by atoms with Crippen molar-refractivity contribution in [3.05, 3.63) is 46.4 Å². The molecular formula is C13H10BrF3O. The zero-order chi connectivity index (χ0) is 13.6. The summed E-state index contributed by atoms with van der Waals surface area (Å²) in [6, 6.07) is 9.47. The zero-order valence-electron chi connectivity index (χ0n) is 9.42. The summed E-state index contributed by atoms with van der Waals surface area (Å²) >= 11 is 3.29. The van der Waals surface area contributed by atoms with E-state index in [0.29, 0.717) is 5.39 Å². The van der Waals surface area contributed by atoms with Crippen LogP contribution in [0.25, 0.3) is 10.8 Å². The quantitative estimate of drug-likeness (QED) is 0.827. The number of alkyl halides is 3. The Morgan fingerprint density at radius 1 is 1.00 bits per heavy atom.